The molecule has 3 heteroatoms. The lowest BCUT2D eigenvalue weighted by molar-refractivity contribution is 0.406. The van der Waals surface area contributed by atoms with Gasteiger partial charge in [0.05, 0.1) is 7.11 Å². The zero-order valence-electron chi connectivity index (χ0n) is 12.8. The van der Waals surface area contributed by atoms with Gasteiger partial charge in [0, 0.05) is 17.1 Å². The molecule has 2 aromatic carbocycles. The molecule has 0 bridgehead atoms. The summed E-state index contributed by atoms with van der Waals surface area (Å²) in [6, 6.07) is 15.1. The lowest BCUT2D eigenvalue weighted by atomic mass is 10.1. The fraction of sp³-hybridized carbons (Fsp3) is 0.333. The van der Waals surface area contributed by atoms with Crippen molar-refractivity contribution in [2.75, 3.05) is 7.11 Å². The molecule has 0 spiro atoms. The molecular formula is C18H22BrNO. The summed E-state index contributed by atoms with van der Waals surface area (Å²) in [5, 5.41) is 3.57. The highest BCUT2D eigenvalue weighted by atomic mass is 79.9. The average molecular weight is 348 g/mol. The van der Waals surface area contributed by atoms with Crippen molar-refractivity contribution in [3.8, 4) is 5.75 Å². The van der Waals surface area contributed by atoms with E-state index in [0.29, 0.717) is 6.04 Å². The molecule has 2 nitrogen and oxygen atoms in total. The van der Waals surface area contributed by atoms with Crippen LogP contribution in [0, 0.1) is 6.92 Å². The van der Waals surface area contributed by atoms with E-state index in [2.05, 4.69) is 65.4 Å². The zero-order valence-corrected chi connectivity index (χ0v) is 14.4. The quantitative estimate of drug-likeness (QED) is 0.831. The number of aryl methyl sites for hydroxylation is 1. The van der Waals surface area contributed by atoms with Crippen LogP contribution in [-0.2, 0) is 13.0 Å². The topological polar surface area (TPSA) is 21.3 Å². The van der Waals surface area contributed by atoms with Crippen LogP contribution in [0.5, 0.6) is 5.75 Å². The van der Waals surface area contributed by atoms with Crippen molar-refractivity contribution in [3.05, 3.63) is 63.6 Å². The van der Waals surface area contributed by atoms with Gasteiger partial charge in [-0.25, -0.2) is 0 Å². The SMILES string of the molecule is COc1ccccc1CC(C)NCc1ccc(Br)c(C)c1. The number of benzene rings is 2. The van der Waals surface area contributed by atoms with Crippen molar-refractivity contribution in [1.29, 1.82) is 0 Å². The van der Waals surface area contributed by atoms with Gasteiger partial charge in [0.2, 0.25) is 0 Å². The molecule has 0 saturated carbocycles. The smallest absolute Gasteiger partial charge is 0.122 e. The fourth-order valence-electron chi connectivity index (χ4n) is 2.38. The van der Waals surface area contributed by atoms with Crippen LogP contribution in [0.1, 0.15) is 23.6 Å². The molecule has 0 amide bonds. The Labute approximate surface area is 135 Å². The Hall–Kier alpha value is -1.32. The van der Waals surface area contributed by atoms with Gasteiger partial charge in [0.25, 0.3) is 0 Å². The average Bonchev–Trinajstić information content (AvgIpc) is 2.49. The highest BCUT2D eigenvalue weighted by molar-refractivity contribution is 9.10. The number of hydrogen-bond donors (Lipinski definition) is 1. The normalized spacial score (nSPS) is 12.2. The maximum Gasteiger partial charge on any atom is 0.122 e. The summed E-state index contributed by atoms with van der Waals surface area (Å²) < 4.78 is 6.57. The van der Waals surface area contributed by atoms with Crippen LogP contribution in [0.2, 0.25) is 0 Å². The van der Waals surface area contributed by atoms with Crippen molar-refractivity contribution in [1.82, 2.24) is 5.32 Å². The number of para-hydroxylation sites is 1. The number of ether oxygens (including phenoxy) is 1. The maximum atomic E-state index is 5.40. The van der Waals surface area contributed by atoms with Crippen LogP contribution in [0.3, 0.4) is 0 Å². The van der Waals surface area contributed by atoms with E-state index in [1.54, 1.807) is 7.11 Å². The van der Waals surface area contributed by atoms with E-state index in [0.717, 1.165) is 23.2 Å². The molecular weight excluding hydrogens is 326 g/mol. The summed E-state index contributed by atoms with van der Waals surface area (Å²) in [6.45, 7) is 5.20. The van der Waals surface area contributed by atoms with Crippen LogP contribution in [0.4, 0.5) is 0 Å². The molecule has 0 aliphatic heterocycles. The summed E-state index contributed by atoms with van der Waals surface area (Å²) in [4.78, 5) is 0. The summed E-state index contributed by atoms with van der Waals surface area (Å²) >= 11 is 3.54. The predicted octanol–water partition coefficient (Wildman–Crippen LogP) is 4.49. The molecule has 0 radical (unpaired) electrons. The van der Waals surface area contributed by atoms with Gasteiger partial charge in [-0.05, 0) is 49.1 Å². The van der Waals surface area contributed by atoms with Gasteiger partial charge >= 0.3 is 0 Å². The van der Waals surface area contributed by atoms with E-state index in [1.165, 1.54) is 16.7 Å². The number of nitrogens with one attached hydrogen (secondary N) is 1. The molecule has 0 saturated heterocycles. The second kappa shape index (κ2) is 7.62. The largest absolute Gasteiger partial charge is 0.496 e. The number of methoxy groups -OCH3 is 1. The molecule has 0 aliphatic rings. The van der Waals surface area contributed by atoms with E-state index < -0.39 is 0 Å². The summed E-state index contributed by atoms with van der Waals surface area (Å²) in [6.07, 6.45) is 0.958. The summed E-state index contributed by atoms with van der Waals surface area (Å²) in [5.41, 5.74) is 3.82. The van der Waals surface area contributed by atoms with Gasteiger partial charge in [-0.2, -0.15) is 0 Å². The minimum Gasteiger partial charge on any atom is -0.496 e. The van der Waals surface area contributed by atoms with Gasteiger partial charge < -0.3 is 10.1 Å². The van der Waals surface area contributed by atoms with E-state index in [9.17, 15) is 0 Å². The first-order chi connectivity index (χ1) is 10.1. The second-order valence-electron chi connectivity index (χ2n) is 5.38. The van der Waals surface area contributed by atoms with Crippen LogP contribution in [0.15, 0.2) is 46.9 Å². The molecule has 2 aromatic rings. The Kier molecular flexibility index (Phi) is 5.83. The Balaban J connectivity index is 1.92. The molecule has 1 N–H and O–H groups in total. The molecule has 0 aromatic heterocycles. The monoisotopic (exact) mass is 347 g/mol. The van der Waals surface area contributed by atoms with Crippen molar-refractivity contribution in [2.45, 2.75) is 32.9 Å². The van der Waals surface area contributed by atoms with Crippen molar-refractivity contribution in [3.63, 3.8) is 0 Å². The van der Waals surface area contributed by atoms with E-state index >= 15 is 0 Å². The molecule has 21 heavy (non-hydrogen) atoms. The first kappa shape index (κ1) is 16.1. The molecule has 0 fully saturated rings. The van der Waals surface area contributed by atoms with Gasteiger partial charge in [-0.15, -0.1) is 0 Å². The van der Waals surface area contributed by atoms with Gasteiger partial charge in [0.1, 0.15) is 5.75 Å². The third-order valence-corrected chi connectivity index (χ3v) is 4.49. The molecule has 1 atom stereocenters. The zero-order chi connectivity index (χ0) is 15.2. The minimum absolute atomic E-state index is 0.394. The van der Waals surface area contributed by atoms with E-state index in [1.807, 2.05) is 12.1 Å². The lowest BCUT2D eigenvalue weighted by Crippen LogP contribution is -2.27. The Morgan fingerprint density at radius 2 is 1.95 bits per heavy atom. The standard InChI is InChI=1S/C18H22BrNO/c1-13-10-15(8-9-17(13)19)12-20-14(2)11-16-6-4-5-7-18(16)21-3/h4-10,14,20H,11-12H2,1-3H3. The molecule has 112 valence electrons. The van der Waals surface area contributed by atoms with E-state index in [4.69, 9.17) is 4.74 Å². The van der Waals surface area contributed by atoms with Crippen molar-refractivity contribution >= 4 is 15.9 Å². The van der Waals surface area contributed by atoms with Gasteiger partial charge in [-0.3, -0.25) is 0 Å². The predicted molar refractivity (Wildman–Crippen MR) is 91.9 cm³/mol. The van der Waals surface area contributed by atoms with E-state index in [-0.39, 0.29) is 0 Å². The maximum absolute atomic E-state index is 5.40. The van der Waals surface area contributed by atoms with Gasteiger partial charge in [-0.1, -0.05) is 46.3 Å². The first-order valence-corrected chi connectivity index (χ1v) is 7.99. The molecule has 2 rings (SSSR count). The highest BCUT2D eigenvalue weighted by Crippen LogP contribution is 2.19. The molecule has 0 aliphatic carbocycles. The first-order valence-electron chi connectivity index (χ1n) is 7.20. The Morgan fingerprint density at radius 3 is 2.67 bits per heavy atom. The molecule has 1 unspecified atom stereocenters. The van der Waals surface area contributed by atoms with Crippen LogP contribution < -0.4 is 10.1 Å². The number of rotatable bonds is 6. The number of hydrogen-bond acceptors (Lipinski definition) is 2. The Morgan fingerprint density at radius 1 is 1.19 bits per heavy atom. The fourth-order valence-corrected chi connectivity index (χ4v) is 2.63. The lowest BCUT2D eigenvalue weighted by Gasteiger charge is -2.16. The van der Waals surface area contributed by atoms with Crippen molar-refractivity contribution in [2.24, 2.45) is 0 Å². The second-order valence-corrected chi connectivity index (χ2v) is 6.24. The summed E-state index contributed by atoms with van der Waals surface area (Å²) in [5.74, 6) is 0.964. The van der Waals surface area contributed by atoms with Gasteiger partial charge in [0.15, 0.2) is 0 Å². The molecule has 0 heterocycles. The Bertz CT molecular complexity index is 598. The summed E-state index contributed by atoms with van der Waals surface area (Å²) in [7, 11) is 1.72. The van der Waals surface area contributed by atoms with Crippen LogP contribution in [-0.4, -0.2) is 13.2 Å². The number of halogens is 1. The third-order valence-electron chi connectivity index (χ3n) is 3.60. The third kappa shape index (κ3) is 4.58. The van der Waals surface area contributed by atoms with Crippen LogP contribution >= 0.6 is 15.9 Å². The minimum atomic E-state index is 0.394. The van der Waals surface area contributed by atoms with Crippen LogP contribution in [0.25, 0.3) is 0 Å². The highest BCUT2D eigenvalue weighted by Gasteiger charge is 2.08. The van der Waals surface area contributed by atoms with Crippen molar-refractivity contribution < 1.29 is 4.74 Å².